The first kappa shape index (κ1) is 20.3. The molecule has 2 amide bonds. The Morgan fingerprint density at radius 2 is 1.31 bits per heavy atom. The molecule has 4 heteroatoms. The van der Waals surface area contributed by atoms with Gasteiger partial charge in [0.2, 0.25) is 5.91 Å². The summed E-state index contributed by atoms with van der Waals surface area (Å²) in [6.07, 6.45) is 0.176. The highest BCUT2D eigenvalue weighted by Crippen LogP contribution is 2.23. The van der Waals surface area contributed by atoms with Gasteiger partial charge >= 0.3 is 0 Å². The van der Waals surface area contributed by atoms with Gasteiger partial charge in [-0.05, 0) is 43.7 Å². The van der Waals surface area contributed by atoms with Gasteiger partial charge in [-0.25, -0.2) is 0 Å². The number of anilines is 1. The molecule has 0 radical (unpaired) electrons. The van der Waals surface area contributed by atoms with Gasteiger partial charge in [0.25, 0.3) is 5.91 Å². The van der Waals surface area contributed by atoms with Gasteiger partial charge in [0.1, 0.15) is 0 Å². The summed E-state index contributed by atoms with van der Waals surface area (Å²) >= 11 is 0. The maximum atomic E-state index is 13.3. The Balaban J connectivity index is 1.84. The van der Waals surface area contributed by atoms with Crippen LogP contribution in [0.25, 0.3) is 0 Å². The summed E-state index contributed by atoms with van der Waals surface area (Å²) < 4.78 is 0. The Morgan fingerprint density at radius 3 is 1.86 bits per heavy atom. The number of rotatable bonds is 7. The molecule has 0 aliphatic carbocycles. The van der Waals surface area contributed by atoms with Crippen LogP contribution in [-0.4, -0.2) is 17.9 Å². The van der Waals surface area contributed by atoms with Crippen molar-refractivity contribution in [3.63, 3.8) is 0 Å². The molecule has 3 aromatic rings. The molecule has 0 saturated heterocycles. The molecular weight excluding hydrogens is 360 g/mol. The minimum absolute atomic E-state index is 0.00569. The van der Waals surface area contributed by atoms with Crippen LogP contribution in [0.15, 0.2) is 91.0 Å². The van der Waals surface area contributed by atoms with Gasteiger partial charge in [0.15, 0.2) is 0 Å². The number of hydrogen-bond acceptors (Lipinski definition) is 2. The second kappa shape index (κ2) is 9.69. The zero-order chi connectivity index (χ0) is 20.6. The summed E-state index contributed by atoms with van der Waals surface area (Å²) in [6, 6.07) is 27.9. The van der Waals surface area contributed by atoms with E-state index in [1.807, 2.05) is 92.7 Å². The van der Waals surface area contributed by atoms with E-state index >= 15 is 0 Å². The van der Waals surface area contributed by atoms with E-state index in [1.54, 1.807) is 17.0 Å². The predicted molar refractivity (Wildman–Crippen MR) is 117 cm³/mol. The third-order valence-electron chi connectivity index (χ3n) is 4.74. The van der Waals surface area contributed by atoms with Crippen molar-refractivity contribution in [2.75, 3.05) is 4.90 Å². The molecule has 3 rings (SSSR count). The molecule has 1 atom stereocenters. The van der Waals surface area contributed by atoms with Gasteiger partial charge < -0.3 is 10.2 Å². The maximum absolute atomic E-state index is 13.3. The molecule has 3 aromatic carbocycles. The van der Waals surface area contributed by atoms with E-state index in [9.17, 15) is 9.59 Å². The van der Waals surface area contributed by atoms with Crippen LogP contribution >= 0.6 is 0 Å². The van der Waals surface area contributed by atoms with Crippen LogP contribution in [0.1, 0.15) is 42.2 Å². The highest BCUT2D eigenvalue weighted by molar-refractivity contribution is 5.97. The average molecular weight is 386 g/mol. The standard InChI is InChI=1S/C25H26N2O2/c1-19(2)27(22-16-10-5-11-17-22)24(28)18-23(20-12-6-3-7-13-20)26-25(29)21-14-8-4-9-15-21/h3-17,19,23H,18H2,1-2H3,(H,26,29). The van der Waals surface area contributed by atoms with Gasteiger partial charge in [0.05, 0.1) is 12.5 Å². The number of hydrogen-bond donors (Lipinski definition) is 1. The second-order valence-corrected chi connectivity index (χ2v) is 7.20. The maximum Gasteiger partial charge on any atom is 0.251 e. The lowest BCUT2D eigenvalue weighted by molar-refractivity contribution is -0.119. The summed E-state index contributed by atoms with van der Waals surface area (Å²) in [6.45, 7) is 3.98. The molecule has 29 heavy (non-hydrogen) atoms. The van der Waals surface area contributed by atoms with Crippen molar-refractivity contribution in [3.8, 4) is 0 Å². The minimum Gasteiger partial charge on any atom is -0.345 e. The first-order valence-electron chi connectivity index (χ1n) is 9.84. The monoisotopic (exact) mass is 386 g/mol. The Hall–Kier alpha value is -3.40. The number of benzene rings is 3. The van der Waals surface area contributed by atoms with Gasteiger partial charge in [-0.15, -0.1) is 0 Å². The van der Waals surface area contributed by atoms with Crippen molar-refractivity contribution in [2.24, 2.45) is 0 Å². The van der Waals surface area contributed by atoms with Gasteiger partial charge in [-0.1, -0.05) is 66.7 Å². The number of carbonyl (C=O) groups excluding carboxylic acids is 2. The molecule has 0 fully saturated rings. The molecule has 1 unspecified atom stereocenters. The quantitative estimate of drug-likeness (QED) is 0.622. The van der Waals surface area contributed by atoms with Crippen molar-refractivity contribution >= 4 is 17.5 Å². The number of nitrogens with zero attached hydrogens (tertiary/aromatic N) is 1. The number of amides is 2. The number of para-hydroxylation sites is 1. The molecule has 0 bridgehead atoms. The highest BCUT2D eigenvalue weighted by Gasteiger charge is 2.25. The predicted octanol–water partition coefficient (Wildman–Crippen LogP) is 4.99. The fraction of sp³-hybridized carbons (Fsp3) is 0.200. The Kier molecular flexibility index (Phi) is 6.80. The molecule has 0 aliphatic heterocycles. The lowest BCUT2D eigenvalue weighted by Gasteiger charge is -2.29. The summed E-state index contributed by atoms with van der Waals surface area (Å²) in [4.78, 5) is 27.8. The summed E-state index contributed by atoms with van der Waals surface area (Å²) in [5.74, 6) is -0.225. The van der Waals surface area contributed by atoms with E-state index < -0.39 is 6.04 Å². The Morgan fingerprint density at radius 1 is 0.793 bits per heavy atom. The van der Waals surface area contributed by atoms with Crippen LogP contribution in [0.3, 0.4) is 0 Å². The fourth-order valence-electron chi connectivity index (χ4n) is 3.36. The molecule has 0 saturated carbocycles. The molecule has 4 nitrogen and oxygen atoms in total. The number of nitrogens with one attached hydrogen (secondary N) is 1. The first-order valence-corrected chi connectivity index (χ1v) is 9.84. The van der Waals surface area contributed by atoms with Crippen molar-refractivity contribution < 1.29 is 9.59 Å². The van der Waals surface area contributed by atoms with Crippen LogP contribution in [0.4, 0.5) is 5.69 Å². The zero-order valence-electron chi connectivity index (χ0n) is 16.8. The van der Waals surface area contributed by atoms with E-state index in [0.29, 0.717) is 5.56 Å². The molecule has 0 aromatic heterocycles. The lowest BCUT2D eigenvalue weighted by atomic mass is 10.0. The summed E-state index contributed by atoms with van der Waals surface area (Å²) in [7, 11) is 0. The van der Waals surface area contributed by atoms with Crippen molar-refractivity contribution in [3.05, 3.63) is 102 Å². The van der Waals surface area contributed by atoms with Crippen LogP contribution < -0.4 is 10.2 Å². The average Bonchev–Trinajstić information content (AvgIpc) is 2.75. The van der Waals surface area contributed by atoms with E-state index in [1.165, 1.54) is 0 Å². The van der Waals surface area contributed by atoms with Crippen LogP contribution in [0.2, 0.25) is 0 Å². The van der Waals surface area contributed by atoms with Crippen LogP contribution in [0.5, 0.6) is 0 Å². The normalized spacial score (nSPS) is 11.7. The fourth-order valence-corrected chi connectivity index (χ4v) is 3.36. The minimum atomic E-state index is -0.415. The number of carbonyl (C=O) groups is 2. The SMILES string of the molecule is CC(C)N(C(=O)CC(NC(=O)c1ccccc1)c1ccccc1)c1ccccc1. The Bertz CT molecular complexity index is 925. The largest absolute Gasteiger partial charge is 0.345 e. The third-order valence-corrected chi connectivity index (χ3v) is 4.74. The summed E-state index contributed by atoms with van der Waals surface area (Å²) in [5, 5.41) is 3.04. The molecule has 0 spiro atoms. The first-order chi connectivity index (χ1) is 14.1. The smallest absolute Gasteiger partial charge is 0.251 e. The van der Waals surface area contributed by atoms with E-state index in [-0.39, 0.29) is 24.3 Å². The molecular formula is C25H26N2O2. The van der Waals surface area contributed by atoms with Crippen molar-refractivity contribution in [2.45, 2.75) is 32.4 Å². The van der Waals surface area contributed by atoms with Crippen LogP contribution in [0, 0.1) is 0 Å². The second-order valence-electron chi connectivity index (χ2n) is 7.20. The van der Waals surface area contributed by atoms with E-state index in [2.05, 4.69) is 5.32 Å². The molecule has 1 N–H and O–H groups in total. The summed E-state index contributed by atoms with van der Waals surface area (Å²) in [5.41, 5.74) is 2.33. The molecule has 0 heterocycles. The van der Waals surface area contributed by atoms with Gasteiger partial charge in [0, 0.05) is 17.3 Å². The third kappa shape index (κ3) is 5.32. The molecule has 0 aliphatic rings. The Labute approximate surface area is 172 Å². The van der Waals surface area contributed by atoms with E-state index in [4.69, 9.17) is 0 Å². The zero-order valence-corrected chi connectivity index (χ0v) is 16.8. The van der Waals surface area contributed by atoms with Crippen LogP contribution in [-0.2, 0) is 4.79 Å². The van der Waals surface area contributed by atoms with Crippen molar-refractivity contribution in [1.29, 1.82) is 0 Å². The topological polar surface area (TPSA) is 49.4 Å². The van der Waals surface area contributed by atoms with Gasteiger partial charge in [-0.3, -0.25) is 9.59 Å². The van der Waals surface area contributed by atoms with E-state index in [0.717, 1.165) is 11.3 Å². The van der Waals surface area contributed by atoms with Crippen molar-refractivity contribution in [1.82, 2.24) is 5.32 Å². The highest BCUT2D eigenvalue weighted by atomic mass is 16.2. The molecule has 148 valence electrons. The van der Waals surface area contributed by atoms with Gasteiger partial charge in [-0.2, -0.15) is 0 Å². The lowest BCUT2D eigenvalue weighted by Crippen LogP contribution is -2.40.